The SMILES string of the molecule is CCn1c(Nc2c(F)c(F)c(F)c(F)c2F)nc(C(F)(F)F)c(Cl)c1=O. The van der Waals surface area contributed by atoms with Crippen LogP contribution in [0.3, 0.4) is 0 Å². The first-order valence-electron chi connectivity index (χ1n) is 6.57. The number of nitrogens with zero attached hydrogens (tertiary/aromatic N) is 2. The van der Waals surface area contributed by atoms with Crippen molar-refractivity contribution in [2.45, 2.75) is 19.6 Å². The molecule has 0 radical (unpaired) electrons. The first kappa shape index (κ1) is 19.9. The van der Waals surface area contributed by atoms with E-state index in [9.17, 15) is 39.9 Å². The average Bonchev–Trinajstić information content (AvgIpc) is 2.57. The number of benzene rings is 1. The van der Waals surface area contributed by atoms with Crippen molar-refractivity contribution in [3.05, 3.63) is 50.2 Å². The van der Waals surface area contributed by atoms with Gasteiger partial charge in [0.1, 0.15) is 10.7 Å². The van der Waals surface area contributed by atoms with Crippen LogP contribution in [-0.4, -0.2) is 9.55 Å². The quantitative estimate of drug-likeness (QED) is 0.467. The van der Waals surface area contributed by atoms with Gasteiger partial charge >= 0.3 is 6.18 Å². The molecule has 4 nitrogen and oxygen atoms in total. The van der Waals surface area contributed by atoms with Crippen LogP contribution >= 0.6 is 11.6 Å². The van der Waals surface area contributed by atoms with Gasteiger partial charge < -0.3 is 5.32 Å². The molecule has 0 unspecified atom stereocenters. The van der Waals surface area contributed by atoms with Crippen LogP contribution in [-0.2, 0) is 12.7 Å². The number of alkyl halides is 3. The summed E-state index contributed by atoms with van der Waals surface area (Å²) in [5, 5.41) is 0.229. The fourth-order valence-electron chi connectivity index (χ4n) is 1.93. The highest BCUT2D eigenvalue weighted by atomic mass is 35.5. The Morgan fingerprint density at radius 2 is 1.46 bits per heavy atom. The van der Waals surface area contributed by atoms with Gasteiger partial charge in [-0.1, -0.05) is 11.6 Å². The summed E-state index contributed by atoms with van der Waals surface area (Å²) in [4.78, 5) is 14.8. The lowest BCUT2D eigenvalue weighted by atomic mass is 10.2. The number of hydrogen-bond acceptors (Lipinski definition) is 3. The molecule has 2 rings (SSSR count). The standard InChI is InChI=1S/C13H6ClF8N3O/c1-2-25-11(26)3(14)10(13(20,21)22)24-12(25)23-9-7(18)5(16)4(15)6(17)8(9)19/h2H2,1H3,(H,23,24). The Morgan fingerprint density at radius 1 is 1.00 bits per heavy atom. The highest BCUT2D eigenvalue weighted by Gasteiger charge is 2.38. The third-order valence-corrected chi connectivity index (χ3v) is 3.49. The van der Waals surface area contributed by atoms with Crippen molar-refractivity contribution >= 4 is 23.2 Å². The Hall–Kier alpha value is -2.37. The van der Waals surface area contributed by atoms with E-state index in [1.54, 1.807) is 5.32 Å². The Morgan fingerprint density at radius 3 is 1.88 bits per heavy atom. The van der Waals surface area contributed by atoms with Gasteiger partial charge in [-0.3, -0.25) is 9.36 Å². The van der Waals surface area contributed by atoms with E-state index in [1.807, 2.05) is 0 Å². The molecule has 0 atom stereocenters. The van der Waals surface area contributed by atoms with Gasteiger partial charge in [-0.2, -0.15) is 13.2 Å². The van der Waals surface area contributed by atoms with E-state index in [1.165, 1.54) is 6.92 Å². The minimum absolute atomic E-state index is 0.374. The molecule has 0 bridgehead atoms. The second-order valence-corrected chi connectivity index (χ2v) is 5.09. The molecule has 1 aromatic heterocycles. The minimum Gasteiger partial charge on any atom is -0.320 e. The van der Waals surface area contributed by atoms with Crippen LogP contribution in [0.5, 0.6) is 0 Å². The van der Waals surface area contributed by atoms with Gasteiger partial charge in [0, 0.05) is 6.54 Å². The fraction of sp³-hybridized carbons (Fsp3) is 0.231. The van der Waals surface area contributed by atoms with Gasteiger partial charge in [0.2, 0.25) is 11.8 Å². The molecule has 2 aromatic rings. The third-order valence-electron chi connectivity index (χ3n) is 3.15. The molecule has 1 N–H and O–H groups in total. The van der Waals surface area contributed by atoms with Crippen LogP contribution in [0.4, 0.5) is 46.8 Å². The van der Waals surface area contributed by atoms with Crippen molar-refractivity contribution in [1.82, 2.24) is 9.55 Å². The maximum Gasteiger partial charge on any atom is 0.435 e. The summed E-state index contributed by atoms with van der Waals surface area (Å²) in [5.41, 5.74) is -4.99. The first-order valence-corrected chi connectivity index (χ1v) is 6.95. The molecule has 0 aliphatic rings. The van der Waals surface area contributed by atoms with Crippen LogP contribution in [0.2, 0.25) is 5.02 Å². The second kappa shape index (κ2) is 6.74. The van der Waals surface area contributed by atoms with Crippen LogP contribution in [0.1, 0.15) is 12.6 Å². The van der Waals surface area contributed by atoms with Crippen molar-refractivity contribution in [3.8, 4) is 0 Å². The van der Waals surface area contributed by atoms with E-state index in [4.69, 9.17) is 11.6 Å². The Bertz CT molecular complexity index is 912. The summed E-state index contributed by atoms with van der Waals surface area (Å²) >= 11 is 5.31. The van der Waals surface area contributed by atoms with E-state index < -0.39 is 63.2 Å². The van der Waals surface area contributed by atoms with E-state index >= 15 is 0 Å². The Balaban J connectivity index is 2.76. The zero-order valence-corrected chi connectivity index (χ0v) is 13.2. The summed E-state index contributed by atoms with van der Waals surface area (Å²) in [7, 11) is 0. The van der Waals surface area contributed by atoms with Crippen molar-refractivity contribution in [1.29, 1.82) is 0 Å². The molecule has 26 heavy (non-hydrogen) atoms. The molecule has 1 heterocycles. The number of anilines is 2. The van der Waals surface area contributed by atoms with Crippen LogP contribution < -0.4 is 10.9 Å². The zero-order valence-electron chi connectivity index (χ0n) is 12.4. The Kier molecular flexibility index (Phi) is 5.17. The largest absolute Gasteiger partial charge is 0.435 e. The maximum atomic E-state index is 13.7. The van der Waals surface area contributed by atoms with Gasteiger partial charge in [-0.25, -0.2) is 26.9 Å². The first-order chi connectivity index (χ1) is 11.9. The second-order valence-electron chi connectivity index (χ2n) is 4.72. The molecule has 0 spiro atoms. The van der Waals surface area contributed by atoms with Gasteiger partial charge in [0.15, 0.2) is 29.0 Å². The van der Waals surface area contributed by atoms with Crippen molar-refractivity contribution in [2.24, 2.45) is 0 Å². The summed E-state index contributed by atoms with van der Waals surface area (Å²) in [6.45, 7) is 0.873. The molecule has 142 valence electrons. The summed E-state index contributed by atoms with van der Waals surface area (Å²) in [6.07, 6.45) is -5.21. The topological polar surface area (TPSA) is 46.9 Å². The lowest BCUT2D eigenvalue weighted by molar-refractivity contribution is -0.141. The lowest BCUT2D eigenvalue weighted by Crippen LogP contribution is -2.28. The van der Waals surface area contributed by atoms with Crippen molar-refractivity contribution in [2.75, 3.05) is 5.32 Å². The average molecular weight is 408 g/mol. The fourth-order valence-corrected chi connectivity index (χ4v) is 2.19. The molecular weight excluding hydrogens is 402 g/mol. The number of hydrogen-bond donors (Lipinski definition) is 1. The normalized spacial score (nSPS) is 11.8. The molecule has 0 saturated heterocycles. The van der Waals surface area contributed by atoms with Crippen molar-refractivity contribution < 1.29 is 35.1 Å². The van der Waals surface area contributed by atoms with Crippen LogP contribution in [0, 0.1) is 29.1 Å². The van der Waals surface area contributed by atoms with E-state index in [-0.39, 0.29) is 6.54 Å². The maximum absolute atomic E-state index is 13.7. The van der Waals surface area contributed by atoms with E-state index in [0.29, 0.717) is 4.57 Å². The van der Waals surface area contributed by atoms with Gasteiger partial charge in [-0.15, -0.1) is 0 Å². The molecular formula is C13H6ClF8N3O. The number of nitrogens with one attached hydrogen (secondary N) is 1. The predicted octanol–water partition coefficient (Wildman–Crippen LogP) is 4.37. The number of aromatic nitrogens is 2. The Labute approximate surface area is 144 Å². The summed E-state index contributed by atoms with van der Waals surface area (Å²) < 4.78 is 106. The van der Waals surface area contributed by atoms with Crippen molar-refractivity contribution in [3.63, 3.8) is 0 Å². The molecule has 0 aliphatic carbocycles. The smallest absolute Gasteiger partial charge is 0.320 e. The molecule has 1 aromatic carbocycles. The van der Waals surface area contributed by atoms with Gasteiger partial charge in [-0.05, 0) is 6.92 Å². The summed E-state index contributed by atoms with van der Waals surface area (Å²) in [5.74, 6) is -12.9. The highest BCUT2D eigenvalue weighted by molar-refractivity contribution is 6.31. The number of rotatable bonds is 3. The number of halogens is 9. The highest BCUT2D eigenvalue weighted by Crippen LogP contribution is 2.34. The van der Waals surface area contributed by atoms with E-state index in [0.717, 1.165) is 0 Å². The molecule has 0 aliphatic heterocycles. The molecule has 0 fully saturated rings. The third kappa shape index (κ3) is 3.20. The monoisotopic (exact) mass is 407 g/mol. The van der Waals surface area contributed by atoms with Gasteiger partial charge in [0.25, 0.3) is 5.56 Å². The predicted molar refractivity (Wildman–Crippen MR) is 73.7 cm³/mol. The van der Waals surface area contributed by atoms with Gasteiger partial charge in [0.05, 0.1) is 0 Å². The molecule has 0 amide bonds. The van der Waals surface area contributed by atoms with E-state index in [2.05, 4.69) is 4.98 Å². The minimum atomic E-state index is -5.21. The molecule has 13 heteroatoms. The van der Waals surface area contributed by atoms with Crippen LogP contribution in [0.15, 0.2) is 4.79 Å². The lowest BCUT2D eigenvalue weighted by Gasteiger charge is -2.17. The van der Waals surface area contributed by atoms with Crippen LogP contribution in [0.25, 0.3) is 0 Å². The summed E-state index contributed by atoms with van der Waals surface area (Å²) in [6, 6.07) is 0. The molecule has 0 saturated carbocycles. The zero-order chi connectivity index (χ0) is 20.0.